The third kappa shape index (κ3) is 2.56. The maximum absolute atomic E-state index is 12.3. The third-order valence-electron chi connectivity index (χ3n) is 3.11. The molecule has 106 valence electrons. The number of hydrogen-bond acceptors (Lipinski definition) is 5. The summed E-state index contributed by atoms with van der Waals surface area (Å²) < 4.78 is 2.16. The summed E-state index contributed by atoms with van der Waals surface area (Å²) in [5.41, 5.74) is 3.99. The van der Waals surface area contributed by atoms with Gasteiger partial charge in [0.15, 0.2) is 0 Å². The molecular formula is C14H12N4O2S. The summed E-state index contributed by atoms with van der Waals surface area (Å²) in [6.07, 6.45) is 1.52. The molecule has 0 unspecified atom stereocenters. The van der Waals surface area contributed by atoms with Gasteiger partial charge in [0, 0.05) is 5.56 Å². The SMILES string of the molecule is NNC(=O)c1cccc(Cn2cnc3ccsc3c2=O)c1. The van der Waals surface area contributed by atoms with Crippen LogP contribution in [-0.4, -0.2) is 15.5 Å². The van der Waals surface area contributed by atoms with Crippen molar-refractivity contribution in [1.29, 1.82) is 0 Å². The highest BCUT2D eigenvalue weighted by Crippen LogP contribution is 2.14. The fourth-order valence-electron chi connectivity index (χ4n) is 2.08. The summed E-state index contributed by atoms with van der Waals surface area (Å²) in [4.78, 5) is 28.1. The number of nitrogens with one attached hydrogen (secondary N) is 1. The first-order valence-corrected chi connectivity index (χ1v) is 7.09. The van der Waals surface area contributed by atoms with Crippen molar-refractivity contribution in [2.24, 2.45) is 5.84 Å². The Balaban J connectivity index is 1.97. The second-order valence-electron chi connectivity index (χ2n) is 4.49. The van der Waals surface area contributed by atoms with E-state index in [1.807, 2.05) is 17.5 Å². The quantitative estimate of drug-likeness (QED) is 0.431. The van der Waals surface area contributed by atoms with Crippen molar-refractivity contribution in [2.45, 2.75) is 6.54 Å². The summed E-state index contributed by atoms with van der Waals surface area (Å²) in [6, 6.07) is 8.78. The van der Waals surface area contributed by atoms with Gasteiger partial charge in [0.1, 0.15) is 4.70 Å². The van der Waals surface area contributed by atoms with Crippen molar-refractivity contribution in [1.82, 2.24) is 15.0 Å². The van der Waals surface area contributed by atoms with Crippen LogP contribution in [0.25, 0.3) is 10.2 Å². The minimum Gasteiger partial charge on any atom is -0.294 e. The molecule has 1 aromatic carbocycles. The Morgan fingerprint density at radius 2 is 2.24 bits per heavy atom. The van der Waals surface area contributed by atoms with Crippen LogP contribution in [0.3, 0.4) is 0 Å². The number of benzene rings is 1. The number of amides is 1. The molecule has 3 N–H and O–H groups in total. The first-order valence-electron chi connectivity index (χ1n) is 6.21. The number of carbonyl (C=O) groups is 1. The number of carbonyl (C=O) groups excluding carboxylic acids is 1. The number of nitrogens with zero attached hydrogens (tertiary/aromatic N) is 2. The Labute approximate surface area is 123 Å². The number of rotatable bonds is 3. The lowest BCUT2D eigenvalue weighted by atomic mass is 10.1. The van der Waals surface area contributed by atoms with Crippen molar-refractivity contribution in [3.05, 3.63) is 63.5 Å². The topological polar surface area (TPSA) is 90.0 Å². The normalized spacial score (nSPS) is 10.7. The monoisotopic (exact) mass is 300 g/mol. The first-order chi connectivity index (χ1) is 10.2. The van der Waals surface area contributed by atoms with Crippen LogP contribution in [0.1, 0.15) is 15.9 Å². The van der Waals surface area contributed by atoms with Gasteiger partial charge in [0.05, 0.1) is 18.4 Å². The van der Waals surface area contributed by atoms with E-state index in [0.29, 0.717) is 22.3 Å². The molecule has 0 aliphatic carbocycles. The minimum atomic E-state index is -0.365. The molecule has 2 heterocycles. The van der Waals surface area contributed by atoms with Gasteiger partial charge in [0.2, 0.25) is 0 Å². The highest BCUT2D eigenvalue weighted by molar-refractivity contribution is 7.17. The molecule has 0 radical (unpaired) electrons. The molecule has 0 spiro atoms. The predicted molar refractivity (Wildman–Crippen MR) is 81.1 cm³/mol. The number of nitrogen functional groups attached to an aromatic ring is 1. The van der Waals surface area contributed by atoms with E-state index < -0.39 is 0 Å². The van der Waals surface area contributed by atoms with Crippen LogP contribution in [0.2, 0.25) is 0 Å². The highest BCUT2D eigenvalue weighted by Gasteiger charge is 2.08. The Hall–Kier alpha value is -2.51. The van der Waals surface area contributed by atoms with Crippen molar-refractivity contribution in [3.63, 3.8) is 0 Å². The molecule has 7 heteroatoms. The molecule has 0 aliphatic heterocycles. The van der Waals surface area contributed by atoms with E-state index in [1.165, 1.54) is 22.2 Å². The zero-order chi connectivity index (χ0) is 14.8. The van der Waals surface area contributed by atoms with Gasteiger partial charge >= 0.3 is 0 Å². The standard InChI is InChI=1S/C14H12N4O2S/c15-17-13(19)10-3-1-2-9(6-10)7-18-8-16-11-4-5-21-12(11)14(18)20/h1-6,8H,7,15H2,(H,17,19). The van der Waals surface area contributed by atoms with Crippen LogP contribution in [0.5, 0.6) is 0 Å². The number of aromatic nitrogens is 2. The van der Waals surface area contributed by atoms with E-state index in [9.17, 15) is 9.59 Å². The first kappa shape index (κ1) is 13.5. The van der Waals surface area contributed by atoms with Crippen LogP contribution in [0, 0.1) is 0 Å². The predicted octanol–water partition coefficient (Wildman–Crippen LogP) is 1.11. The zero-order valence-electron chi connectivity index (χ0n) is 10.9. The van der Waals surface area contributed by atoms with Crippen molar-refractivity contribution < 1.29 is 4.79 Å². The summed E-state index contributed by atoms with van der Waals surface area (Å²) in [7, 11) is 0. The molecule has 0 saturated carbocycles. The van der Waals surface area contributed by atoms with E-state index in [2.05, 4.69) is 10.4 Å². The van der Waals surface area contributed by atoms with E-state index in [1.54, 1.807) is 18.2 Å². The largest absolute Gasteiger partial charge is 0.294 e. The molecular weight excluding hydrogens is 288 g/mol. The van der Waals surface area contributed by atoms with Gasteiger partial charge in [-0.15, -0.1) is 11.3 Å². The lowest BCUT2D eigenvalue weighted by Gasteiger charge is -2.07. The molecule has 0 bridgehead atoms. The molecule has 0 saturated heterocycles. The van der Waals surface area contributed by atoms with E-state index in [-0.39, 0.29) is 11.5 Å². The Morgan fingerprint density at radius 1 is 1.38 bits per heavy atom. The molecule has 2 aromatic heterocycles. The molecule has 1 amide bonds. The second kappa shape index (κ2) is 5.47. The van der Waals surface area contributed by atoms with Crippen molar-refractivity contribution >= 4 is 27.5 Å². The van der Waals surface area contributed by atoms with E-state index >= 15 is 0 Å². The lowest BCUT2D eigenvalue weighted by Crippen LogP contribution is -2.30. The van der Waals surface area contributed by atoms with Crippen LogP contribution >= 0.6 is 11.3 Å². The van der Waals surface area contributed by atoms with Gasteiger partial charge in [-0.3, -0.25) is 19.6 Å². The van der Waals surface area contributed by atoms with Crippen LogP contribution in [0.4, 0.5) is 0 Å². The average molecular weight is 300 g/mol. The van der Waals surface area contributed by atoms with Gasteiger partial charge in [0.25, 0.3) is 11.5 Å². The van der Waals surface area contributed by atoms with Crippen LogP contribution < -0.4 is 16.8 Å². The highest BCUT2D eigenvalue weighted by atomic mass is 32.1. The van der Waals surface area contributed by atoms with Crippen LogP contribution in [-0.2, 0) is 6.54 Å². The summed E-state index contributed by atoms with van der Waals surface area (Å²) in [5, 5.41) is 1.84. The van der Waals surface area contributed by atoms with Gasteiger partial charge in [-0.25, -0.2) is 10.8 Å². The smallest absolute Gasteiger partial charge is 0.271 e. The van der Waals surface area contributed by atoms with Gasteiger partial charge in [-0.2, -0.15) is 0 Å². The number of nitrogens with two attached hydrogens (primary N) is 1. The third-order valence-corrected chi connectivity index (χ3v) is 4.00. The lowest BCUT2D eigenvalue weighted by molar-refractivity contribution is 0.0953. The van der Waals surface area contributed by atoms with Crippen molar-refractivity contribution in [3.8, 4) is 0 Å². The number of hydrogen-bond donors (Lipinski definition) is 2. The number of hydrazine groups is 1. The Kier molecular flexibility index (Phi) is 3.51. The fraction of sp³-hybridized carbons (Fsp3) is 0.0714. The molecule has 3 rings (SSSR count). The summed E-state index contributed by atoms with van der Waals surface area (Å²) in [5.74, 6) is 4.75. The maximum atomic E-state index is 12.3. The van der Waals surface area contributed by atoms with E-state index in [0.717, 1.165) is 5.56 Å². The number of fused-ring (bicyclic) bond motifs is 1. The van der Waals surface area contributed by atoms with E-state index in [4.69, 9.17) is 5.84 Å². The van der Waals surface area contributed by atoms with Gasteiger partial charge in [-0.1, -0.05) is 12.1 Å². The molecule has 0 fully saturated rings. The Morgan fingerprint density at radius 3 is 3.05 bits per heavy atom. The molecule has 6 nitrogen and oxygen atoms in total. The van der Waals surface area contributed by atoms with Gasteiger partial charge < -0.3 is 0 Å². The fourth-order valence-corrected chi connectivity index (χ4v) is 2.88. The average Bonchev–Trinajstić information content (AvgIpc) is 2.99. The summed E-state index contributed by atoms with van der Waals surface area (Å²) >= 11 is 1.37. The number of thiophene rings is 1. The summed E-state index contributed by atoms with van der Waals surface area (Å²) in [6.45, 7) is 0.353. The van der Waals surface area contributed by atoms with Crippen LogP contribution in [0.15, 0.2) is 46.8 Å². The molecule has 0 aliphatic rings. The van der Waals surface area contributed by atoms with Crippen molar-refractivity contribution in [2.75, 3.05) is 0 Å². The zero-order valence-corrected chi connectivity index (χ0v) is 11.8. The minimum absolute atomic E-state index is 0.0799. The maximum Gasteiger partial charge on any atom is 0.271 e. The Bertz CT molecular complexity index is 869. The van der Waals surface area contributed by atoms with Gasteiger partial charge in [-0.05, 0) is 29.1 Å². The molecule has 0 atom stereocenters. The molecule has 3 aromatic rings. The second-order valence-corrected chi connectivity index (χ2v) is 5.40. The molecule has 21 heavy (non-hydrogen) atoms.